The first kappa shape index (κ1) is 10.6. The Morgan fingerprint density at radius 1 is 1.16 bits per heavy atom. The first-order valence-corrected chi connectivity index (χ1v) is 6.33. The van der Waals surface area contributed by atoms with Crippen LogP contribution in [0.1, 0.15) is 5.56 Å². The fourth-order valence-electron chi connectivity index (χ4n) is 2.57. The van der Waals surface area contributed by atoms with Crippen LogP contribution in [0.25, 0.3) is 22.4 Å². The Hall–Kier alpha value is -2.36. The van der Waals surface area contributed by atoms with Crippen molar-refractivity contribution in [1.29, 1.82) is 0 Å². The van der Waals surface area contributed by atoms with Gasteiger partial charge in [-0.15, -0.1) is 0 Å². The van der Waals surface area contributed by atoms with Gasteiger partial charge in [0.1, 0.15) is 11.3 Å². The first-order chi connectivity index (χ1) is 9.31. The zero-order valence-corrected chi connectivity index (χ0v) is 10.2. The summed E-state index contributed by atoms with van der Waals surface area (Å²) < 4.78 is 13.6. The number of rotatable bonds is 1. The van der Waals surface area contributed by atoms with Gasteiger partial charge in [0.05, 0.1) is 5.52 Å². The number of para-hydroxylation sites is 1. The zero-order valence-electron chi connectivity index (χ0n) is 10.2. The van der Waals surface area contributed by atoms with Crippen LogP contribution in [0.3, 0.4) is 0 Å². The lowest BCUT2D eigenvalue weighted by molar-refractivity contribution is 0.637. The molecule has 2 N–H and O–H groups in total. The van der Waals surface area contributed by atoms with Gasteiger partial charge in [-0.2, -0.15) is 0 Å². The summed E-state index contributed by atoms with van der Waals surface area (Å²) in [6.07, 6.45) is 1.06. The number of fused-ring (bicyclic) bond motifs is 2. The van der Waals surface area contributed by atoms with Gasteiger partial charge in [0.15, 0.2) is 5.82 Å². The highest BCUT2D eigenvalue weighted by Gasteiger charge is 2.13. The van der Waals surface area contributed by atoms with E-state index >= 15 is 0 Å². The molecule has 0 amide bonds. The van der Waals surface area contributed by atoms with Crippen molar-refractivity contribution in [2.24, 2.45) is 0 Å². The SMILES string of the molecule is Fc1cccc2[nH]c(-c3ccc4c(c3)NCC4)nc12. The normalized spacial score (nSPS) is 13.5. The summed E-state index contributed by atoms with van der Waals surface area (Å²) in [7, 11) is 0. The van der Waals surface area contributed by atoms with Crippen molar-refractivity contribution in [3.63, 3.8) is 0 Å². The summed E-state index contributed by atoms with van der Waals surface area (Å²) in [5, 5.41) is 3.34. The second-order valence-corrected chi connectivity index (χ2v) is 4.77. The van der Waals surface area contributed by atoms with Gasteiger partial charge in [-0.05, 0) is 30.2 Å². The summed E-state index contributed by atoms with van der Waals surface area (Å²) in [5.74, 6) is 0.413. The number of aromatic nitrogens is 2. The summed E-state index contributed by atoms with van der Waals surface area (Å²) in [6, 6.07) is 11.1. The molecule has 4 rings (SSSR count). The number of hydrogen-bond donors (Lipinski definition) is 2. The molecule has 0 fully saturated rings. The predicted molar refractivity (Wildman–Crippen MR) is 73.7 cm³/mol. The minimum Gasteiger partial charge on any atom is -0.384 e. The Bertz CT molecular complexity index is 776. The van der Waals surface area contributed by atoms with E-state index < -0.39 is 0 Å². The molecule has 0 bridgehead atoms. The first-order valence-electron chi connectivity index (χ1n) is 6.33. The van der Waals surface area contributed by atoms with E-state index in [1.54, 1.807) is 6.07 Å². The molecule has 1 aromatic heterocycles. The molecular weight excluding hydrogens is 241 g/mol. The van der Waals surface area contributed by atoms with Crippen LogP contribution in [0.15, 0.2) is 36.4 Å². The fraction of sp³-hybridized carbons (Fsp3) is 0.133. The van der Waals surface area contributed by atoms with E-state index in [9.17, 15) is 4.39 Å². The van der Waals surface area contributed by atoms with Crippen LogP contribution in [0.2, 0.25) is 0 Å². The lowest BCUT2D eigenvalue weighted by atomic mass is 10.1. The van der Waals surface area contributed by atoms with Crippen LogP contribution in [0, 0.1) is 5.82 Å². The third kappa shape index (κ3) is 1.60. The van der Waals surface area contributed by atoms with Gasteiger partial charge in [0.2, 0.25) is 0 Å². The van der Waals surface area contributed by atoms with E-state index in [2.05, 4.69) is 27.4 Å². The molecule has 0 saturated heterocycles. The van der Waals surface area contributed by atoms with Crippen LogP contribution >= 0.6 is 0 Å². The molecule has 3 nitrogen and oxygen atoms in total. The maximum atomic E-state index is 13.6. The average molecular weight is 253 g/mol. The minimum absolute atomic E-state index is 0.292. The van der Waals surface area contributed by atoms with Gasteiger partial charge in [-0.1, -0.05) is 18.2 Å². The van der Waals surface area contributed by atoms with E-state index in [4.69, 9.17) is 0 Å². The molecular formula is C15H12FN3. The molecule has 0 aliphatic carbocycles. The highest BCUT2D eigenvalue weighted by molar-refractivity contribution is 5.80. The van der Waals surface area contributed by atoms with Gasteiger partial charge in [-0.25, -0.2) is 9.37 Å². The fourth-order valence-corrected chi connectivity index (χ4v) is 2.57. The Morgan fingerprint density at radius 3 is 3.00 bits per heavy atom. The largest absolute Gasteiger partial charge is 0.384 e. The predicted octanol–water partition coefficient (Wildman–Crippen LogP) is 3.34. The van der Waals surface area contributed by atoms with Gasteiger partial charge < -0.3 is 10.3 Å². The van der Waals surface area contributed by atoms with Crippen LogP contribution in [0.5, 0.6) is 0 Å². The van der Waals surface area contributed by atoms with Crippen LogP contribution in [-0.4, -0.2) is 16.5 Å². The number of hydrogen-bond acceptors (Lipinski definition) is 2. The molecule has 1 aliphatic heterocycles. The molecule has 0 saturated carbocycles. The van der Waals surface area contributed by atoms with Crippen LogP contribution in [-0.2, 0) is 6.42 Å². The van der Waals surface area contributed by atoms with Crippen molar-refractivity contribution in [2.45, 2.75) is 6.42 Å². The van der Waals surface area contributed by atoms with E-state index in [0.717, 1.165) is 29.7 Å². The smallest absolute Gasteiger partial charge is 0.151 e. The van der Waals surface area contributed by atoms with Crippen molar-refractivity contribution >= 4 is 16.7 Å². The Kier molecular flexibility index (Phi) is 2.12. The maximum absolute atomic E-state index is 13.6. The molecule has 4 heteroatoms. The number of nitrogens with one attached hydrogen (secondary N) is 2. The molecule has 2 heterocycles. The van der Waals surface area contributed by atoms with Gasteiger partial charge in [0.25, 0.3) is 0 Å². The Balaban J connectivity index is 1.88. The number of halogens is 1. The van der Waals surface area contributed by atoms with Gasteiger partial charge in [-0.3, -0.25) is 0 Å². The van der Waals surface area contributed by atoms with Crippen molar-refractivity contribution in [2.75, 3.05) is 11.9 Å². The second-order valence-electron chi connectivity index (χ2n) is 4.77. The third-order valence-corrected chi connectivity index (χ3v) is 3.56. The molecule has 0 radical (unpaired) electrons. The number of nitrogens with zero attached hydrogens (tertiary/aromatic N) is 1. The number of anilines is 1. The lowest BCUT2D eigenvalue weighted by Crippen LogP contribution is -1.91. The number of benzene rings is 2. The second kappa shape index (κ2) is 3.82. The minimum atomic E-state index is -0.292. The monoisotopic (exact) mass is 253 g/mol. The quantitative estimate of drug-likeness (QED) is 0.698. The highest BCUT2D eigenvalue weighted by atomic mass is 19.1. The van der Waals surface area contributed by atoms with E-state index in [-0.39, 0.29) is 5.82 Å². The number of H-pyrrole nitrogens is 1. The van der Waals surface area contributed by atoms with Crippen molar-refractivity contribution in [1.82, 2.24) is 9.97 Å². The van der Waals surface area contributed by atoms with E-state index in [1.807, 2.05) is 12.1 Å². The third-order valence-electron chi connectivity index (χ3n) is 3.56. The number of imidazole rings is 1. The summed E-state index contributed by atoms with van der Waals surface area (Å²) >= 11 is 0. The molecule has 94 valence electrons. The molecule has 0 unspecified atom stereocenters. The molecule has 0 spiro atoms. The molecule has 0 atom stereocenters. The lowest BCUT2D eigenvalue weighted by Gasteiger charge is -2.02. The van der Waals surface area contributed by atoms with Crippen LogP contribution < -0.4 is 5.32 Å². The van der Waals surface area contributed by atoms with Gasteiger partial charge >= 0.3 is 0 Å². The highest BCUT2D eigenvalue weighted by Crippen LogP contribution is 2.29. The van der Waals surface area contributed by atoms with Crippen molar-refractivity contribution < 1.29 is 4.39 Å². The van der Waals surface area contributed by atoms with E-state index in [0.29, 0.717) is 11.3 Å². The summed E-state index contributed by atoms with van der Waals surface area (Å²) in [6.45, 7) is 0.980. The summed E-state index contributed by atoms with van der Waals surface area (Å²) in [5.41, 5.74) is 4.57. The molecule has 19 heavy (non-hydrogen) atoms. The zero-order chi connectivity index (χ0) is 12.8. The number of aromatic amines is 1. The standard InChI is InChI=1S/C15H12FN3/c16-11-2-1-3-12-14(11)19-15(18-12)10-5-4-9-6-7-17-13(9)8-10/h1-5,8,17H,6-7H2,(H,18,19). The van der Waals surface area contributed by atoms with E-state index in [1.165, 1.54) is 11.6 Å². The van der Waals surface area contributed by atoms with Gasteiger partial charge in [0, 0.05) is 17.8 Å². The average Bonchev–Trinajstić information content (AvgIpc) is 3.04. The molecule has 2 aromatic carbocycles. The van der Waals surface area contributed by atoms with Crippen molar-refractivity contribution in [3.8, 4) is 11.4 Å². The summed E-state index contributed by atoms with van der Waals surface area (Å²) in [4.78, 5) is 7.51. The molecule has 3 aromatic rings. The van der Waals surface area contributed by atoms with Crippen LogP contribution in [0.4, 0.5) is 10.1 Å². The molecule has 1 aliphatic rings. The Morgan fingerprint density at radius 2 is 2.11 bits per heavy atom. The maximum Gasteiger partial charge on any atom is 0.151 e. The topological polar surface area (TPSA) is 40.7 Å². The Labute approximate surface area is 109 Å². The van der Waals surface area contributed by atoms with Crippen molar-refractivity contribution in [3.05, 3.63) is 47.8 Å².